The van der Waals surface area contributed by atoms with E-state index in [9.17, 15) is 13.2 Å². The lowest BCUT2D eigenvalue weighted by Crippen LogP contribution is -2.49. The van der Waals surface area contributed by atoms with Gasteiger partial charge in [0.15, 0.2) is 5.96 Å². The molecule has 0 saturated carbocycles. The van der Waals surface area contributed by atoms with Crippen LogP contribution in [0.5, 0.6) is 0 Å². The minimum absolute atomic E-state index is 0.0973. The lowest BCUT2D eigenvalue weighted by molar-refractivity contribution is -0.121. The lowest BCUT2D eigenvalue weighted by Gasteiger charge is -2.31. The smallest absolute Gasteiger partial charge is 0.243 e. The van der Waals surface area contributed by atoms with Crippen molar-refractivity contribution < 1.29 is 13.2 Å². The highest BCUT2D eigenvalue weighted by atomic mass is 32.2. The van der Waals surface area contributed by atoms with Gasteiger partial charge in [0.25, 0.3) is 0 Å². The third-order valence-corrected chi connectivity index (χ3v) is 6.58. The third kappa shape index (κ3) is 7.32. The molecule has 1 fully saturated rings. The van der Waals surface area contributed by atoms with Crippen molar-refractivity contribution in [3.63, 3.8) is 0 Å². The van der Waals surface area contributed by atoms with Gasteiger partial charge >= 0.3 is 0 Å². The summed E-state index contributed by atoms with van der Waals surface area (Å²) < 4.78 is 27.0. The van der Waals surface area contributed by atoms with Crippen LogP contribution >= 0.6 is 0 Å². The number of piperidine rings is 1. The van der Waals surface area contributed by atoms with Crippen LogP contribution in [0.1, 0.15) is 33.6 Å². The van der Waals surface area contributed by atoms with Gasteiger partial charge in [-0.25, -0.2) is 8.42 Å². The first kappa shape index (κ1) is 23.2. The Balaban J connectivity index is 1.77. The zero-order valence-electron chi connectivity index (χ0n) is 17.7. The molecule has 1 aromatic carbocycles. The Labute approximate surface area is 174 Å². The summed E-state index contributed by atoms with van der Waals surface area (Å²) >= 11 is 0. The summed E-state index contributed by atoms with van der Waals surface area (Å²) in [6.07, 6.45) is 1.56. The maximum Gasteiger partial charge on any atom is 0.243 e. The molecule has 0 bridgehead atoms. The van der Waals surface area contributed by atoms with Crippen molar-refractivity contribution in [2.75, 3.05) is 33.2 Å². The van der Waals surface area contributed by atoms with Gasteiger partial charge in [-0.1, -0.05) is 18.2 Å². The highest BCUT2D eigenvalue weighted by molar-refractivity contribution is 7.89. The van der Waals surface area contributed by atoms with Gasteiger partial charge in [0.05, 0.1) is 11.4 Å². The fraction of sp³-hybridized carbons (Fsp3) is 0.600. The van der Waals surface area contributed by atoms with E-state index in [4.69, 9.17) is 0 Å². The number of sulfonamides is 1. The molecule has 1 aromatic rings. The largest absolute Gasteiger partial charge is 0.356 e. The molecule has 0 atom stereocenters. The Bertz CT molecular complexity index is 795. The highest BCUT2D eigenvalue weighted by Gasteiger charge is 2.29. The summed E-state index contributed by atoms with van der Waals surface area (Å²) in [4.78, 5) is 16.4. The average molecular weight is 424 g/mol. The quantitative estimate of drug-likeness (QED) is 0.471. The Morgan fingerprint density at radius 3 is 2.31 bits per heavy atom. The van der Waals surface area contributed by atoms with Crippen LogP contribution in [0.3, 0.4) is 0 Å². The van der Waals surface area contributed by atoms with E-state index >= 15 is 0 Å². The molecule has 1 aliphatic rings. The van der Waals surface area contributed by atoms with Gasteiger partial charge in [0.1, 0.15) is 0 Å². The molecule has 162 valence electrons. The van der Waals surface area contributed by atoms with E-state index in [1.54, 1.807) is 35.6 Å². The third-order valence-electron chi connectivity index (χ3n) is 4.67. The zero-order chi connectivity index (χ0) is 21.5. The topological polar surface area (TPSA) is 103 Å². The molecule has 0 unspecified atom stereocenters. The number of aliphatic imine (C=N–C) groups is 1. The van der Waals surface area contributed by atoms with Gasteiger partial charge in [-0.3, -0.25) is 9.79 Å². The SMILES string of the molecule is CN=C(NCC(=O)NC(C)(C)C)NCC1CCN(S(=O)(=O)c2ccccc2)CC1. The van der Waals surface area contributed by atoms with Crippen molar-refractivity contribution in [3.8, 4) is 0 Å². The molecule has 1 amide bonds. The number of rotatable bonds is 6. The van der Waals surface area contributed by atoms with Crippen molar-refractivity contribution >= 4 is 21.9 Å². The van der Waals surface area contributed by atoms with E-state index in [2.05, 4.69) is 20.9 Å². The first-order valence-corrected chi connectivity index (χ1v) is 11.4. The minimum atomic E-state index is -3.42. The number of amides is 1. The number of nitrogens with zero attached hydrogens (tertiary/aromatic N) is 2. The number of nitrogens with one attached hydrogen (secondary N) is 3. The Morgan fingerprint density at radius 2 is 1.76 bits per heavy atom. The number of hydrogen-bond donors (Lipinski definition) is 3. The lowest BCUT2D eigenvalue weighted by atomic mass is 9.98. The van der Waals surface area contributed by atoms with Crippen LogP contribution < -0.4 is 16.0 Å². The van der Waals surface area contributed by atoms with E-state index in [0.29, 0.717) is 36.4 Å². The fourth-order valence-electron chi connectivity index (χ4n) is 3.18. The van der Waals surface area contributed by atoms with E-state index < -0.39 is 10.0 Å². The molecule has 2 rings (SSSR count). The minimum Gasteiger partial charge on any atom is -0.356 e. The monoisotopic (exact) mass is 423 g/mol. The second kappa shape index (κ2) is 10.1. The standard InChI is InChI=1S/C20H33N5O3S/c1-20(2,3)24-18(26)15-23-19(21-4)22-14-16-10-12-25(13-11-16)29(27,28)17-8-6-5-7-9-17/h5-9,16H,10-15H2,1-4H3,(H,24,26)(H2,21,22,23). The first-order valence-electron chi connectivity index (χ1n) is 9.92. The van der Waals surface area contributed by atoms with E-state index in [0.717, 1.165) is 12.8 Å². The number of carbonyl (C=O) groups excluding carboxylic acids is 1. The maximum absolute atomic E-state index is 12.7. The summed E-state index contributed by atoms with van der Waals surface area (Å²) in [5, 5.41) is 9.13. The molecule has 0 radical (unpaired) electrons. The fourth-order valence-corrected chi connectivity index (χ4v) is 4.67. The van der Waals surface area contributed by atoms with Gasteiger partial charge in [0.2, 0.25) is 15.9 Å². The van der Waals surface area contributed by atoms with Crippen LogP contribution in [0.15, 0.2) is 40.2 Å². The van der Waals surface area contributed by atoms with Crippen LogP contribution in [0.25, 0.3) is 0 Å². The number of carbonyl (C=O) groups is 1. The predicted octanol–water partition coefficient (Wildman–Crippen LogP) is 1.17. The van der Waals surface area contributed by atoms with Crippen LogP contribution in [0.2, 0.25) is 0 Å². The van der Waals surface area contributed by atoms with Crippen molar-refractivity contribution in [1.29, 1.82) is 0 Å². The first-order chi connectivity index (χ1) is 13.6. The van der Waals surface area contributed by atoms with Crippen molar-refractivity contribution in [1.82, 2.24) is 20.3 Å². The van der Waals surface area contributed by atoms with Crippen LogP contribution in [0, 0.1) is 5.92 Å². The zero-order valence-corrected chi connectivity index (χ0v) is 18.6. The molecule has 9 heteroatoms. The number of guanidine groups is 1. The molecule has 8 nitrogen and oxygen atoms in total. The van der Waals surface area contributed by atoms with Gasteiger partial charge in [-0.05, 0) is 51.7 Å². The summed E-state index contributed by atoms with van der Waals surface area (Å²) in [6, 6.07) is 8.56. The molecule has 0 aromatic heterocycles. The maximum atomic E-state index is 12.7. The van der Waals surface area contributed by atoms with Gasteiger partial charge in [0, 0.05) is 32.2 Å². The van der Waals surface area contributed by atoms with E-state index in [1.165, 1.54) is 0 Å². The van der Waals surface area contributed by atoms with Crippen molar-refractivity contribution in [2.45, 2.75) is 44.0 Å². The summed E-state index contributed by atoms with van der Waals surface area (Å²) in [7, 11) is -1.76. The molecule has 3 N–H and O–H groups in total. The second-order valence-electron chi connectivity index (χ2n) is 8.27. The molecule has 0 spiro atoms. The predicted molar refractivity (Wildman–Crippen MR) is 115 cm³/mol. The van der Waals surface area contributed by atoms with Gasteiger partial charge in [-0.15, -0.1) is 0 Å². The van der Waals surface area contributed by atoms with E-state index in [1.807, 2.05) is 26.8 Å². The Morgan fingerprint density at radius 1 is 1.14 bits per heavy atom. The summed E-state index contributed by atoms with van der Waals surface area (Å²) in [5.41, 5.74) is -0.274. The molecule has 1 aliphatic heterocycles. The molecule has 1 saturated heterocycles. The Hall–Kier alpha value is -2.13. The molecular formula is C20H33N5O3S. The Kier molecular flexibility index (Phi) is 8.04. The summed E-state index contributed by atoms with van der Waals surface area (Å²) in [6.45, 7) is 7.63. The molecule has 1 heterocycles. The van der Waals surface area contributed by atoms with Crippen LogP contribution in [-0.4, -0.2) is 63.4 Å². The van der Waals surface area contributed by atoms with Gasteiger partial charge < -0.3 is 16.0 Å². The number of hydrogen-bond acceptors (Lipinski definition) is 4. The van der Waals surface area contributed by atoms with Crippen molar-refractivity contribution in [2.24, 2.45) is 10.9 Å². The highest BCUT2D eigenvalue weighted by Crippen LogP contribution is 2.23. The van der Waals surface area contributed by atoms with E-state index in [-0.39, 0.29) is 18.0 Å². The molecule has 0 aliphatic carbocycles. The summed E-state index contributed by atoms with van der Waals surface area (Å²) in [5.74, 6) is 0.812. The molecule has 29 heavy (non-hydrogen) atoms. The second-order valence-corrected chi connectivity index (χ2v) is 10.2. The molecular weight excluding hydrogens is 390 g/mol. The van der Waals surface area contributed by atoms with Crippen LogP contribution in [0.4, 0.5) is 0 Å². The number of benzene rings is 1. The normalized spacial score (nSPS) is 17.0. The van der Waals surface area contributed by atoms with Crippen LogP contribution in [-0.2, 0) is 14.8 Å². The van der Waals surface area contributed by atoms with Crippen molar-refractivity contribution in [3.05, 3.63) is 30.3 Å². The van der Waals surface area contributed by atoms with Gasteiger partial charge in [-0.2, -0.15) is 4.31 Å². The average Bonchev–Trinajstić information content (AvgIpc) is 2.68.